The molecule has 1 heterocycles. The van der Waals surface area contributed by atoms with Crippen molar-refractivity contribution in [3.63, 3.8) is 0 Å². The van der Waals surface area contributed by atoms with Crippen LogP contribution in [0.5, 0.6) is 0 Å². The highest BCUT2D eigenvalue weighted by atomic mass is 16.4. The number of hydrogen-bond donors (Lipinski definition) is 2. The molecule has 7 nitrogen and oxygen atoms in total. The van der Waals surface area contributed by atoms with Crippen molar-refractivity contribution >= 4 is 11.9 Å². The molecule has 7 heteroatoms. The van der Waals surface area contributed by atoms with Gasteiger partial charge >= 0.3 is 5.97 Å². The Balaban J connectivity index is 2.24. The maximum absolute atomic E-state index is 12.0. The van der Waals surface area contributed by atoms with Crippen LogP contribution < -0.4 is 5.32 Å². The van der Waals surface area contributed by atoms with Crippen LogP contribution in [0.3, 0.4) is 0 Å². The second-order valence-corrected chi connectivity index (χ2v) is 5.18. The van der Waals surface area contributed by atoms with Gasteiger partial charge in [-0.15, -0.1) is 5.10 Å². The summed E-state index contributed by atoms with van der Waals surface area (Å²) in [6.45, 7) is 2.68. The van der Waals surface area contributed by atoms with E-state index in [4.69, 9.17) is 5.11 Å². The third-order valence-corrected chi connectivity index (χ3v) is 3.32. The monoisotopic (exact) mass is 316 g/mol. The summed E-state index contributed by atoms with van der Waals surface area (Å²) in [5.41, 5.74) is 1.71. The number of carboxylic acid groups (broad SMARTS) is 1. The van der Waals surface area contributed by atoms with Gasteiger partial charge in [0.15, 0.2) is 0 Å². The molecule has 0 bridgehead atoms. The topological polar surface area (TPSA) is 97.1 Å². The highest BCUT2D eigenvalue weighted by Crippen LogP contribution is 2.22. The Morgan fingerprint density at radius 2 is 2.00 bits per heavy atom. The fourth-order valence-corrected chi connectivity index (χ4v) is 2.23. The van der Waals surface area contributed by atoms with Crippen molar-refractivity contribution in [1.29, 1.82) is 0 Å². The quantitative estimate of drug-likeness (QED) is 0.719. The lowest BCUT2D eigenvalue weighted by Gasteiger charge is -2.08. The molecule has 2 rings (SSSR count). The molecule has 2 N–H and O–H groups in total. The van der Waals surface area contributed by atoms with Crippen LogP contribution in [0.4, 0.5) is 0 Å². The summed E-state index contributed by atoms with van der Waals surface area (Å²) in [6, 6.07) is 9.24. The number of amides is 1. The normalized spacial score (nSPS) is 10.5. The number of rotatable bonds is 8. The number of carbonyl (C=O) groups excluding carboxylic acids is 1. The lowest BCUT2D eigenvalue weighted by molar-refractivity contribution is -0.136. The zero-order chi connectivity index (χ0) is 16.7. The van der Waals surface area contributed by atoms with E-state index in [1.165, 1.54) is 4.68 Å². The van der Waals surface area contributed by atoms with Crippen LogP contribution in [0, 0.1) is 0 Å². The third kappa shape index (κ3) is 4.64. The molecule has 0 fully saturated rings. The molecule has 0 unspecified atom stereocenters. The van der Waals surface area contributed by atoms with E-state index in [1.54, 1.807) is 0 Å². The number of carbonyl (C=O) groups is 2. The van der Waals surface area contributed by atoms with Gasteiger partial charge in [0.25, 0.3) is 0 Å². The predicted molar refractivity (Wildman–Crippen MR) is 84.7 cm³/mol. The molecule has 1 aromatic carbocycles. The number of nitrogens with zero attached hydrogens (tertiary/aromatic N) is 3. The minimum absolute atomic E-state index is 0.0144. The van der Waals surface area contributed by atoms with Crippen molar-refractivity contribution in [2.24, 2.45) is 0 Å². The summed E-state index contributed by atoms with van der Waals surface area (Å²) in [6.07, 6.45) is 1.68. The van der Waals surface area contributed by atoms with Gasteiger partial charge in [-0.25, -0.2) is 4.68 Å². The Hall–Kier alpha value is -2.70. The van der Waals surface area contributed by atoms with Gasteiger partial charge in [-0.2, -0.15) is 0 Å². The van der Waals surface area contributed by atoms with Crippen molar-refractivity contribution in [2.75, 3.05) is 6.54 Å². The fraction of sp³-hybridized carbons (Fsp3) is 0.375. The summed E-state index contributed by atoms with van der Waals surface area (Å²) < 4.78 is 1.45. The summed E-state index contributed by atoms with van der Waals surface area (Å²) in [5, 5.41) is 19.7. The highest BCUT2D eigenvalue weighted by Gasteiger charge is 2.18. The van der Waals surface area contributed by atoms with E-state index in [0.29, 0.717) is 17.9 Å². The van der Waals surface area contributed by atoms with Crippen LogP contribution in [0.15, 0.2) is 30.3 Å². The minimum atomic E-state index is -0.985. The Bertz CT molecular complexity index is 667. The van der Waals surface area contributed by atoms with Gasteiger partial charge in [-0.3, -0.25) is 9.59 Å². The Morgan fingerprint density at radius 3 is 2.65 bits per heavy atom. The van der Waals surface area contributed by atoms with Gasteiger partial charge in [0.2, 0.25) is 5.91 Å². The first-order valence-corrected chi connectivity index (χ1v) is 7.58. The Labute approximate surface area is 134 Å². The molecule has 0 radical (unpaired) electrons. The zero-order valence-electron chi connectivity index (χ0n) is 13.0. The number of aliphatic carboxylic acids is 1. The summed E-state index contributed by atoms with van der Waals surface area (Å²) in [7, 11) is 0. The molecule has 122 valence electrons. The second-order valence-electron chi connectivity index (χ2n) is 5.18. The van der Waals surface area contributed by atoms with E-state index in [1.807, 2.05) is 30.3 Å². The van der Waals surface area contributed by atoms with Crippen LogP contribution >= 0.6 is 0 Å². The largest absolute Gasteiger partial charge is 0.481 e. The number of hydrogen-bond acceptors (Lipinski definition) is 4. The molecule has 0 aliphatic carbocycles. The third-order valence-electron chi connectivity index (χ3n) is 3.32. The standard InChI is InChI=1S/C16H20N4O3/c1-2-3-9-17-14(21)11-20-16(12-7-5-4-6-8-12)13(18-19-20)10-15(22)23/h4-8H,2-3,9-11H2,1H3,(H,17,21)(H,22,23). The molecular formula is C16H20N4O3. The first-order chi connectivity index (χ1) is 11.1. The Kier molecular flexibility index (Phi) is 5.85. The number of unbranched alkanes of at least 4 members (excludes halogenated alkanes) is 1. The smallest absolute Gasteiger partial charge is 0.309 e. The molecule has 1 amide bonds. The number of nitrogens with one attached hydrogen (secondary N) is 1. The molecule has 0 saturated heterocycles. The average molecular weight is 316 g/mol. The van der Waals surface area contributed by atoms with Crippen LogP contribution in [0.1, 0.15) is 25.5 Å². The first-order valence-electron chi connectivity index (χ1n) is 7.58. The van der Waals surface area contributed by atoms with Crippen molar-refractivity contribution in [1.82, 2.24) is 20.3 Å². The van der Waals surface area contributed by atoms with E-state index in [-0.39, 0.29) is 18.9 Å². The molecule has 23 heavy (non-hydrogen) atoms. The molecule has 0 saturated carbocycles. The molecule has 0 aliphatic rings. The van der Waals surface area contributed by atoms with Crippen LogP contribution in [0.2, 0.25) is 0 Å². The van der Waals surface area contributed by atoms with E-state index < -0.39 is 5.97 Å². The lowest BCUT2D eigenvalue weighted by Crippen LogP contribution is -2.29. The summed E-state index contributed by atoms with van der Waals surface area (Å²) in [5.74, 6) is -1.15. The van der Waals surface area contributed by atoms with Gasteiger partial charge in [-0.05, 0) is 6.42 Å². The Morgan fingerprint density at radius 1 is 1.26 bits per heavy atom. The molecule has 0 atom stereocenters. The highest BCUT2D eigenvalue weighted by molar-refractivity contribution is 5.78. The van der Waals surface area contributed by atoms with E-state index >= 15 is 0 Å². The molecular weight excluding hydrogens is 296 g/mol. The summed E-state index contributed by atoms with van der Waals surface area (Å²) in [4.78, 5) is 23.0. The molecule has 2 aromatic rings. The van der Waals surface area contributed by atoms with Crippen LogP contribution in [-0.4, -0.2) is 38.5 Å². The van der Waals surface area contributed by atoms with Crippen LogP contribution in [0.25, 0.3) is 11.3 Å². The summed E-state index contributed by atoms with van der Waals surface area (Å²) >= 11 is 0. The van der Waals surface area contributed by atoms with Crippen molar-refractivity contribution < 1.29 is 14.7 Å². The van der Waals surface area contributed by atoms with Gasteiger partial charge < -0.3 is 10.4 Å². The average Bonchev–Trinajstić information content (AvgIpc) is 2.90. The van der Waals surface area contributed by atoms with Gasteiger partial charge in [0, 0.05) is 12.1 Å². The van der Waals surface area contributed by atoms with Crippen molar-refractivity contribution in [3.05, 3.63) is 36.0 Å². The molecule has 1 aromatic heterocycles. The number of carboxylic acids is 1. The maximum Gasteiger partial charge on any atom is 0.309 e. The SMILES string of the molecule is CCCCNC(=O)Cn1nnc(CC(=O)O)c1-c1ccccc1. The minimum Gasteiger partial charge on any atom is -0.481 e. The van der Waals surface area contributed by atoms with Gasteiger partial charge in [0.1, 0.15) is 12.2 Å². The van der Waals surface area contributed by atoms with Crippen molar-refractivity contribution in [3.8, 4) is 11.3 Å². The second kappa shape index (κ2) is 8.07. The van der Waals surface area contributed by atoms with E-state index in [9.17, 15) is 9.59 Å². The zero-order valence-corrected chi connectivity index (χ0v) is 13.0. The molecule has 0 aliphatic heterocycles. The van der Waals surface area contributed by atoms with Crippen molar-refractivity contribution in [2.45, 2.75) is 32.7 Å². The van der Waals surface area contributed by atoms with Crippen LogP contribution in [-0.2, 0) is 22.6 Å². The maximum atomic E-state index is 12.0. The van der Waals surface area contributed by atoms with Gasteiger partial charge in [0.05, 0.1) is 12.1 Å². The fourth-order valence-electron chi connectivity index (χ4n) is 2.23. The molecule has 0 spiro atoms. The van der Waals surface area contributed by atoms with Gasteiger partial charge in [-0.1, -0.05) is 48.9 Å². The number of aromatic nitrogens is 3. The number of benzene rings is 1. The van der Waals surface area contributed by atoms with E-state index in [2.05, 4.69) is 22.6 Å². The van der Waals surface area contributed by atoms with E-state index in [0.717, 1.165) is 18.4 Å². The lowest BCUT2D eigenvalue weighted by atomic mass is 10.1. The first kappa shape index (κ1) is 16.7. The predicted octanol–water partition coefficient (Wildman–Crippen LogP) is 1.49.